The van der Waals surface area contributed by atoms with E-state index in [9.17, 15) is 25.3 Å². The van der Waals surface area contributed by atoms with Crippen LogP contribution >= 0.6 is 0 Å². The monoisotopic (exact) mass is 311 g/mol. The number of nitro groups is 2. The fourth-order valence-corrected chi connectivity index (χ4v) is 1.21. The van der Waals surface area contributed by atoms with Crippen molar-refractivity contribution in [3.8, 4) is 0 Å². The number of nitrogens with zero attached hydrogens (tertiary/aromatic N) is 3. The van der Waals surface area contributed by atoms with Crippen LogP contribution in [0.15, 0.2) is 0 Å². The first-order chi connectivity index (χ1) is 9.17. The average Bonchev–Trinajstić information content (AvgIpc) is 2.27. The molecule has 0 amide bonds. The third kappa shape index (κ3) is 6.79. The lowest BCUT2D eigenvalue weighted by atomic mass is 9.81. The number of hydrogen-bond acceptors (Lipinski definition) is 7. The van der Waals surface area contributed by atoms with Gasteiger partial charge < -0.3 is 10.3 Å². The highest BCUT2D eigenvalue weighted by atomic mass is 16.9. The molecule has 2 atom stereocenters. The lowest BCUT2D eigenvalue weighted by Crippen LogP contribution is -2.47. The van der Waals surface area contributed by atoms with E-state index in [4.69, 9.17) is 15.3 Å². The fraction of sp³-hybridized carbons (Fsp3) is 1.00. The van der Waals surface area contributed by atoms with Gasteiger partial charge in [-0.3, -0.25) is 20.2 Å². The molecule has 2 unspecified atom stereocenters. The summed E-state index contributed by atoms with van der Waals surface area (Å²) < 4.78 is 0. The van der Waals surface area contributed by atoms with Crippen molar-refractivity contribution in [1.82, 2.24) is 0 Å². The lowest BCUT2D eigenvalue weighted by molar-refractivity contribution is -0.742. The molecular weight excluding hydrogens is 290 g/mol. The van der Waals surface area contributed by atoms with Crippen LogP contribution in [0.3, 0.4) is 0 Å². The van der Waals surface area contributed by atoms with E-state index in [1.165, 1.54) is 27.7 Å². The van der Waals surface area contributed by atoms with E-state index in [2.05, 4.69) is 0 Å². The smallest absolute Gasteiger partial charge is 0.291 e. The summed E-state index contributed by atoms with van der Waals surface area (Å²) in [5.41, 5.74) is -2.71. The molecular formula is C10H21N3O8. The fourth-order valence-electron chi connectivity index (χ4n) is 1.21. The Kier molecular flexibility index (Phi) is 7.76. The summed E-state index contributed by atoms with van der Waals surface area (Å²) in [6, 6.07) is 0. The van der Waals surface area contributed by atoms with Gasteiger partial charge in [0, 0.05) is 43.5 Å². The van der Waals surface area contributed by atoms with E-state index in [1.54, 1.807) is 6.92 Å². The molecule has 0 bridgehead atoms. The average molecular weight is 311 g/mol. The van der Waals surface area contributed by atoms with Crippen molar-refractivity contribution in [2.75, 3.05) is 0 Å². The Morgan fingerprint density at radius 3 is 1.48 bits per heavy atom. The lowest BCUT2D eigenvalue weighted by Gasteiger charge is -2.28. The topological polar surface area (TPSA) is 170 Å². The SMILES string of the molecule is CC(CC(O)C(C)(C)[N+](=O)[O-])C(C)(C)[N+](=O)[O-].O=[N+]([O-])O. The molecule has 0 aromatic rings. The summed E-state index contributed by atoms with van der Waals surface area (Å²) in [6.45, 7) is 7.13. The van der Waals surface area contributed by atoms with Crippen LogP contribution in [0.2, 0.25) is 0 Å². The molecule has 0 aliphatic heterocycles. The quantitative estimate of drug-likeness (QED) is 0.543. The minimum atomic E-state index is -1.50. The Morgan fingerprint density at radius 1 is 0.952 bits per heavy atom. The second kappa shape index (κ2) is 7.67. The van der Waals surface area contributed by atoms with Crippen molar-refractivity contribution in [2.24, 2.45) is 5.92 Å². The summed E-state index contributed by atoms with van der Waals surface area (Å²) in [6.07, 6.45) is -1.20. The molecule has 0 aliphatic carbocycles. The molecule has 11 nitrogen and oxygen atoms in total. The first-order valence-corrected chi connectivity index (χ1v) is 5.97. The summed E-state index contributed by atoms with van der Waals surface area (Å²) in [4.78, 5) is 28.9. The van der Waals surface area contributed by atoms with Crippen LogP contribution in [0.4, 0.5) is 0 Å². The second-order valence-electron chi connectivity index (χ2n) is 5.71. The van der Waals surface area contributed by atoms with Crippen LogP contribution in [-0.4, -0.2) is 42.4 Å². The molecule has 0 aliphatic rings. The predicted molar refractivity (Wildman–Crippen MR) is 70.7 cm³/mol. The van der Waals surface area contributed by atoms with Gasteiger partial charge in [0.05, 0.1) is 0 Å². The highest BCUT2D eigenvalue weighted by Gasteiger charge is 2.45. The van der Waals surface area contributed by atoms with Crippen LogP contribution in [0.25, 0.3) is 0 Å². The highest BCUT2D eigenvalue weighted by molar-refractivity contribution is 4.84. The third-order valence-corrected chi connectivity index (χ3v) is 3.54. The Bertz CT molecular complexity index is 362. The predicted octanol–water partition coefficient (Wildman–Crippen LogP) is 1.14. The van der Waals surface area contributed by atoms with Crippen molar-refractivity contribution in [1.29, 1.82) is 0 Å². The van der Waals surface area contributed by atoms with Gasteiger partial charge in [0.25, 0.3) is 5.09 Å². The normalized spacial score (nSPS) is 14.4. The van der Waals surface area contributed by atoms with Crippen LogP contribution in [-0.2, 0) is 0 Å². The van der Waals surface area contributed by atoms with E-state index >= 15 is 0 Å². The summed E-state index contributed by atoms with van der Waals surface area (Å²) in [7, 11) is 0. The zero-order valence-electron chi connectivity index (χ0n) is 12.5. The van der Waals surface area contributed by atoms with Gasteiger partial charge >= 0.3 is 0 Å². The molecule has 2 N–H and O–H groups in total. The Hall–Kier alpha value is -2.04. The van der Waals surface area contributed by atoms with Crippen molar-refractivity contribution in [3.05, 3.63) is 30.3 Å². The Labute approximate surface area is 121 Å². The molecule has 21 heavy (non-hydrogen) atoms. The zero-order chi connectivity index (χ0) is 17.6. The van der Waals surface area contributed by atoms with Gasteiger partial charge in [0.1, 0.15) is 6.10 Å². The van der Waals surface area contributed by atoms with Gasteiger partial charge in [0.15, 0.2) is 0 Å². The van der Waals surface area contributed by atoms with Gasteiger partial charge in [-0.25, -0.2) is 0 Å². The van der Waals surface area contributed by atoms with Crippen molar-refractivity contribution in [2.45, 2.75) is 58.2 Å². The molecule has 0 aromatic carbocycles. The van der Waals surface area contributed by atoms with E-state index in [1.807, 2.05) is 0 Å². The molecule has 0 saturated heterocycles. The van der Waals surface area contributed by atoms with Crippen LogP contribution < -0.4 is 0 Å². The number of aliphatic hydroxyl groups excluding tert-OH is 1. The number of hydrogen-bond donors (Lipinski definition) is 2. The maximum atomic E-state index is 10.8. The van der Waals surface area contributed by atoms with Crippen LogP contribution in [0.1, 0.15) is 41.0 Å². The summed E-state index contributed by atoms with van der Waals surface area (Å²) in [5.74, 6) is -0.466. The maximum Gasteiger partial charge on any atom is 0.291 e. The maximum absolute atomic E-state index is 10.8. The number of aliphatic hydroxyl groups is 1. The summed E-state index contributed by atoms with van der Waals surface area (Å²) >= 11 is 0. The Morgan fingerprint density at radius 2 is 1.24 bits per heavy atom. The molecule has 11 heteroatoms. The van der Waals surface area contributed by atoms with Crippen LogP contribution in [0, 0.1) is 36.3 Å². The van der Waals surface area contributed by atoms with Gasteiger partial charge in [-0.1, -0.05) is 6.92 Å². The van der Waals surface area contributed by atoms with Gasteiger partial charge in [-0.05, 0) is 6.42 Å². The van der Waals surface area contributed by atoms with E-state index in [0.717, 1.165) is 0 Å². The van der Waals surface area contributed by atoms with Crippen LogP contribution in [0.5, 0.6) is 0 Å². The van der Waals surface area contributed by atoms with Crippen molar-refractivity contribution >= 4 is 0 Å². The van der Waals surface area contributed by atoms with Crippen molar-refractivity contribution < 1.29 is 25.2 Å². The first-order valence-electron chi connectivity index (χ1n) is 5.97. The van der Waals surface area contributed by atoms with E-state index in [-0.39, 0.29) is 6.42 Å². The van der Waals surface area contributed by atoms with Crippen molar-refractivity contribution in [3.63, 3.8) is 0 Å². The largest absolute Gasteiger partial charge is 0.386 e. The van der Waals surface area contributed by atoms with Gasteiger partial charge in [-0.2, -0.15) is 0 Å². The molecule has 0 saturated carbocycles. The molecule has 0 rings (SSSR count). The zero-order valence-corrected chi connectivity index (χ0v) is 12.5. The molecule has 0 fully saturated rings. The third-order valence-electron chi connectivity index (χ3n) is 3.54. The number of rotatable bonds is 6. The second-order valence-corrected chi connectivity index (χ2v) is 5.71. The summed E-state index contributed by atoms with van der Waals surface area (Å²) in [5, 5.41) is 45.0. The molecule has 0 radical (unpaired) electrons. The van der Waals surface area contributed by atoms with Gasteiger partial charge in [0.2, 0.25) is 11.1 Å². The van der Waals surface area contributed by atoms with E-state index < -0.39 is 38.0 Å². The van der Waals surface area contributed by atoms with Gasteiger partial charge in [-0.15, -0.1) is 10.1 Å². The molecule has 124 valence electrons. The Balaban J connectivity index is 0. The first kappa shape index (κ1) is 21.3. The standard InChI is InChI=1S/C10H20N2O5.HNO3/c1-7(9(2,3)11(14)15)6-8(13)10(4,5)12(16)17;2-1(3)4/h7-8,13H,6H2,1-5H3;(H,2,3,4). The minimum Gasteiger partial charge on any atom is -0.386 e. The molecule has 0 spiro atoms. The molecule has 0 heterocycles. The highest BCUT2D eigenvalue weighted by Crippen LogP contribution is 2.28. The minimum absolute atomic E-state index is 0.0158. The van der Waals surface area contributed by atoms with E-state index in [0.29, 0.717) is 0 Å². The molecule has 0 aromatic heterocycles.